The zero-order valence-electron chi connectivity index (χ0n) is 22.5. The van der Waals surface area contributed by atoms with Crippen LogP contribution in [0, 0.1) is 5.92 Å². The SMILES string of the molecule is CCOC(=O)C1CCN(C(=O)c2ccc(CSc3nc(CC)cc(N4CCN(C(C)=O)CC4)n3)cc2)CC1. The molecule has 0 bridgehead atoms. The van der Waals surface area contributed by atoms with Gasteiger partial charge in [-0.15, -0.1) is 0 Å². The minimum atomic E-state index is -0.155. The Labute approximate surface area is 228 Å². The van der Waals surface area contributed by atoms with E-state index in [1.165, 1.54) is 0 Å². The Kier molecular flexibility index (Phi) is 9.60. The summed E-state index contributed by atoms with van der Waals surface area (Å²) in [7, 11) is 0. The normalized spacial score (nSPS) is 16.4. The molecule has 2 saturated heterocycles. The summed E-state index contributed by atoms with van der Waals surface area (Å²) in [6, 6.07) is 9.76. The zero-order valence-corrected chi connectivity index (χ0v) is 23.3. The molecule has 0 spiro atoms. The van der Waals surface area contributed by atoms with Crippen molar-refractivity contribution in [2.45, 2.75) is 50.9 Å². The molecule has 204 valence electrons. The number of ether oxygens (including phenoxy) is 1. The highest BCUT2D eigenvalue weighted by Crippen LogP contribution is 2.25. The largest absolute Gasteiger partial charge is 0.466 e. The van der Waals surface area contributed by atoms with Crippen molar-refractivity contribution in [2.24, 2.45) is 5.92 Å². The number of aromatic nitrogens is 2. The van der Waals surface area contributed by atoms with Crippen LogP contribution in [0.2, 0.25) is 0 Å². The molecule has 0 atom stereocenters. The van der Waals surface area contributed by atoms with Crippen molar-refractivity contribution < 1.29 is 19.1 Å². The lowest BCUT2D eigenvalue weighted by molar-refractivity contribution is -0.149. The molecule has 3 heterocycles. The fourth-order valence-electron chi connectivity index (χ4n) is 4.77. The van der Waals surface area contributed by atoms with Gasteiger partial charge in [0.25, 0.3) is 5.91 Å². The quantitative estimate of drug-likeness (QED) is 0.286. The van der Waals surface area contributed by atoms with Crippen LogP contribution in [-0.4, -0.2) is 83.4 Å². The van der Waals surface area contributed by atoms with Crippen LogP contribution in [0.3, 0.4) is 0 Å². The molecule has 4 rings (SSSR count). The molecule has 9 nitrogen and oxygen atoms in total. The van der Waals surface area contributed by atoms with Crippen LogP contribution in [0.1, 0.15) is 55.2 Å². The molecule has 0 saturated carbocycles. The molecule has 2 aliphatic heterocycles. The second-order valence-electron chi connectivity index (χ2n) is 9.65. The highest BCUT2D eigenvalue weighted by molar-refractivity contribution is 7.98. The van der Waals surface area contributed by atoms with Gasteiger partial charge in [-0.25, -0.2) is 9.97 Å². The third kappa shape index (κ3) is 7.03. The Hall–Kier alpha value is -3.14. The molecule has 0 unspecified atom stereocenters. The number of rotatable bonds is 8. The lowest BCUT2D eigenvalue weighted by atomic mass is 9.96. The lowest BCUT2D eigenvalue weighted by Crippen LogP contribution is -2.48. The van der Waals surface area contributed by atoms with Gasteiger partial charge < -0.3 is 19.4 Å². The minimum absolute atomic E-state index is 0.00000392. The Bertz CT molecular complexity index is 1130. The van der Waals surface area contributed by atoms with Gasteiger partial charge in [-0.1, -0.05) is 30.8 Å². The van der Waals surface area contributed by atoms with Crippen LogP contribution in [-0.2, 0) is 26.5 Å². The van der Waals surface area contributed by atoms with Crippen molar-refractivity contribution in [3.8, 4) is 0 Å². The number of carbonyl (C=O) groups is 3. The molecule has 2 fully saturated rings. The number of piperidine rings is 1. The van der Waals surface area contributed by atoms with Crippen LogP contribution < -0.4 is 4.90 Å². The van der Waals surface area contributed by atoms with E-state index >= 15 is 0 Å². The number of piperazine rings is 1. The first-order valence-corrected chi connectivity index (χ1v) is 14.4. The van der Waals surface area contributed by atoms with E-state index in [0.717, 1.165) is 41.7 Å². The first kappa shape index (κ1) is 27.9. The first-order chi connectivity index (χ1) is 18.4. The summed E-state index contributed by atoms with van der Waals surface area (Å²) in [5.41, 5.74) is 2.75. The van der Waals surface area contributed by atoms with Crippen molar-refractivity contribution >= 4 is 35.4 Å². The van der Waals surface area contributed by atoms with Gasteiger partial charge in [0.2, 0.25) is 5.91 Å². The van der Waals surface area contributed by atoms with Gasteiger partial charge in [0, 0.05) is 69.3 Å². The molecule has 0 N–H and O–H groups in total. The van der Waals surface area contributed by atoms with Gasteiger partial charge >= 0.3 is 5.97 Å². The summed E-state index contributed by atoms with van der Waals surface area (Å²) in [5, 5.41) is 0.734. The maximum Gasteiger partial charge on any atom is 0.309 e. The molecule has 10 heteroatoms. The van der Waals surface area contributed by atoms with Gasteiger partial charge in [0.15, 0.2) is 5.16 Å². The average Bonchev–Trinajstić information content (AvgIpc) is 2.96. The topological polar surface area (TPSA) is 95.9 Å². The summed E-state index contributed by atoms with van der Waals surface area (Å²) in [6.45, 7) is 9.97. The standard InChI is InChI=1S/C28H37N5O4S/c1-4-24-18-25(32-16-14-31(15-17-32)20(3)34)30-28(29-24)38-19-21-6-8-22(9-7-21)26(35)33-12-10-23(11-13-33)27(36)37-5-2/h6-9,18,23H,4-5,10-17,19H2,1-3H3. The maximum atomic E-state index is 13.0. The number of benzene rings is 1. The molecule has 2 amide bonds. The second kappa shape index (κ2) is 13.1. The number of likely N-dealkylation sites (tertiary alicyclic amines) is 1. The number of hydrogen-bond acceptors (Lipinski definition) is 8. The highest BCUT2D eigenvalue weighted by Gasteiger charge is 2.28. The van der Waals surface area contributed by atoms with Gasteiger partial charge in [0.1, 0.15) is 5.82 Å². The van der Waals surface area contributed by atoms with E-state index < -0.39 is 0 Å². The van der Waals surface area contributed by atoms with Crippen molar-refractivity contribution in [2.75, 3.05) is 50.8 Å². The number of hydrogen-bond donors (Lipinski definition) is 0. The molecule has 38 heavy (non-hydrogen) atoms. The molecular formula is C28H37N5O4S. The zero-order chi connectivity index (χ0) is 27.1. The van der Waals surface area contributed by atoms with Crippen molar-refractivity contribution in [1.82, 2.24) is 19.8 Å². The minimum Gasteiger partial charge on any atom is -0.466 e. The number of esters is 1. The van der Waals surface area contributed by atoms with Crippen LogP contribution in [0.5, 0.6) is 0 Å². The molecule has 2 aromatic rings. The van der Waals surface area contributed by atoms with E-state index in [1.54, 1.807) is 18.7 Å². The number of anilines is 1. The van der Waals surface area contributed by atoms with E-state index in [9.17, 15) is 14.4 Å². The number of nitrogens with zero attached hydrogens (tertiary/aromatic N) is 5. The summed E-state index contributed by atoms with van der Waals surface area (Å²) in [6.07, 6.45) is 2.11. The Morgan fingerprint density at radius 3 is 2.24 bits per heavy atom. The molecule has 0 aliphatic carbocycles. The molecule has 1 aromatic heterocycles. The van der Waals surface area contributed by atoms with Crippen LogP contribution in [0.4, 0.5) is 5.82 Å². The van der Waals surface area contributed by atoms with Crippen LogP contribution in [0.15, 0.2) is 35.5 Å². The molecule has 0 radical (unpaired) electrons. The number of thioether (sulfide) groups is 1. The maximum absolute atomic E-state index is 13.0. The lowest BCUT2D eigenvalue weighted by Gasteiger charge is -2.35. The predicted octanol–water partition coefficient (Wildman–Crippen LogP) is 3.42. The van der Waals surface area contributed by atoms with Crippen molar-refractivity contribution in [3.63, 3.8) is 0 Å². The van der Waals surface area contributed by atoms with Gasteiger partial charge in [-0.05, 0) is 43.9 Å². The Morgan fingerprint density at radius 1 is 0.947 bits per heavy atom. The number of amides is 2. The summed E-state index contributed by atoms with van der Waals surface area (Å²) in [5.74, 6) is 1.46. The molecular weight excluding hydrogens is 502 g/mol. The molecule has 1 aromatic carbocycles. The third-order valence-corrected chi connectivity index (χ3v) is 8.05. The number of carbonyl (C=O) groups excluding carboxylic acids is 3. The van der Waals surface area contributed by atoms with Crippen LogP contribution >= 0.6 is 11.8 Å². The van der Waals surface area contributed by atoms with E-state index in [0.29, 0.717) is 56.9 Å². The van der Waals surface area contributed by atoms with Crippen molar-refractivity contribution in [3.05, 3.63) is 47.2 Å². The van der Waals surface area contributed by atoms with Gasteiger partial charge in [-0.2, -0.15) is 0 Å². The van der Waals surface area contributed by atoms with E-state index in [2.05, 4.69) is 11.8 Å². The predicted molar refractivity (Wildman–Crippen MR) is 147 cm³/mol. The Balaban J connectivity index is 1.32. The van der Waals surface area contributed by atoms with Crippen molar-refractivity contribution in [1.29, 1.82) is 0 Å². The van der Waals surface area contributed by atoms with Crippen LogP contribution in [0.25, 0.3) is 0 Å². The van der Waals surface area contributed by atoms with E-state index in [1.807, 2.05) is 47.1 Å². The van der Waals surface area contributed by atoms with E-state index in [-0.39, 0.29) is 23.7 Å². The summed E-state index contributed by atoms with van der Waals surface area (Å²) >= 11 is 1.58. The fourth-order valence-corrected chi connectivity index (χ4v) is 5.60. The average molecular weight is 540 g/mol. The Morgan fingerprint density at radius 2 is 1.63 bits per heavy atom. The van der Waals surface area contributed by atoms with E-state index in [4.69, 9.17) is 14.7 Å². The van der Waals surface area contributed by atoms with Gasteiger partial charge in [0.05, 0.1) is 12.5 Å². The van der Waals surface area contributed by atoms with Gasteiger partial charge in [-0.3, -0.25) is 14.4 Å². The molecule has 2 aliphatic rings. The smallest absolute Gasteiger partial charge is 0.309 e. The third-order valence-electron chi connectivity index (χ3n) is 7.13. The fraction of sp³-hybridized carbons (Fsp3) is 0.536. The summed E-state index contributed by atoms with van der Waals surface area (Å²) in [4.78, 5) is 52.0. The second-order valence-corrected chi connectivity index (χ2v) is 10.6. The first-order valence-electron chi connectivity index (χ1n) is 13.4. The number of aryl methyl sites for hydroxylation is 1. The monoisotopic (exact) mass is 539 g/mol. The summed E-state index contributed by atoms with van der Waals surface area (Å²) < 4.78 is 5.12. The highest BCUT2D eigenvalue weighted by atomic mass is 32.2.